The van der Waals surface area contributed by atoms with Crippen molar-refractivity contribution in [3.8, 4) is 17.2 Å². The van der Waals surface area contributed by atoms with Crippen LogP contribution >= 0.6 is 0 Å². The number of nitrogens with zero attached hydrogens (tertiary/aromatic N) is 2. The number of methoxy groups -OCH3 is 1. The molecule has 0 aliphatic heterocycles. The van der Waals surface area contributed by atoms with Crippen LogP contribution in [0.3, 0.4) is 0 Å². The summed E-state index contributed by atoms with van der Waals surface area (Å²) in [5, 5.41) is 7.68. The number of benzene rings is 2. The van der Waals surface area contributed by atoms with E-state index in [1.807, 2.05) is 0 Å². The third-order valence-corrected chi connectivity index (χ3v) is 3.49. The highest BCUT2D eigenvalue weighted by atomic mass is 19.1. The van der Waals surface area contributed by atoms with Crippen molar-refractivity contribution >= 4 is 5.97 Å². The zero-order valence-corrected chi connectivity index (χ0v) is 13.7. The number of hydrogen-bond acceptors (Lipinski definition) is 6. The Hall–Kier alpha value is -3.22. The van der Waals surface area contributed by atoms with E-state index in [1.165, 1.54) is 19.2 Å². The molecule has 0 radical (unpaired) electrons. The number of ether oxygens (including phenoxy) is 2. The van der Waals surface area contributed by atoms with Gasteiger partial charge in [0.05, 0.1) is 18.2 Å². The summed E-state index contributed by atoms with van der Waals surface area (Å²) in [5.74, 6) is -0.319. The van der Waals surface area contributed by atoms with Crippen molar-refractivity contribution in [2.24, 2.45) is 0 Å². The topological polar surface area (TPSA) is 74.5 Å². The number of esters is 1. The summed E-state index contributed by atoms with van der Waals surface area (Å²) in [5.41, 5.74) is 1.28. The predicted octanol–water partition coefficient (Wildman–Crippen LogP) is 3.55. The molecule has 0 spiro atoms. The summed E-state index contributed by atoms with van der Waals surface area (Å²) in [6.07, 6.45) is 0. The van der Waals surface area contributed by atoms with Crippen molar-refractivity contribution in [3.05, 3.63) is 65.3 Å². The molecule has 1 heterocycles. The fraction of sp³-hybridized carbons (Fsp3) is 0.167. The predicted molar refractivity (Wildman–Crippen MR) is 86.5 cm³/mol. The highest BCUT2D eigenvalue weighted by Crippen LogP contribution is 2.24. The van der Waals surface area contributed by atoms with E-state index in [2.05, 4.69) is 10.2 Å². The average molecular weight is 342 g/mol. The quantitative estimate of drug-likeness (QED) is 0.660. The second-order valence-electron chi connectivity index (χ2n) is 5.22. The first-order valence-corrected chi connectivity index (χ1v) is 7.47. The number of aromatic nitrogens is 2. The van der Waals surface area contributed by atoms with Gasteiger partial charge in [0.2, 0.25) is 11.8 Å². The minimum atomic E-state index is -0.567. The minimum Gasteiger partial charge on any atom is -0.494 e. The van der Waals surface area contributed by atoms with Gasteiger partial charge in [0.25, 0.3) is 0 Å². The minimum absolute atomic E-state index is 0.0725. The van der Waals surface area contributed by atoms with Gasteiger partial charge in [-0.25, -0.2) is 9.18 Å². The van der Waals surface area contributed by atoms with Crippen LogP contribution in [0.1, 0.15) is 21.8 Å². The Morgan fingerprint density at radius 1 is 1.20 bits per heavy atom. The number of carbonyl (C=O) groups is 1. The summed E-state index contributed by atoms with van der Waals surface area (Å²) in [7, 11) is 1.38. The molecule has 1 aromatic heterocycles. The van der Waals surface area contributed by atoms with Gasteiger partial charge in [-0.15, -0.1) is 10.2 Å². The van der Waals surface area contributed by atoms with Crippen LogP contribution in [0.25, 0.3) is 11.5 Å². The Morgan fingerprint density at radius 2 is 2.00 bits per heavy atom. The molecule has 0 atom stereocenters. The van der Waals surface area contributed by atoms with E-state index in [1.54, 1.807) is 37.3 Å². The molecule has 6 nitrogen and oxygen atoms in total. The third-order valence-electron chi connectivity index (χ3n) is 3.49. The Morgan fingerprint density at radius 3 is 2.68 bits per heavy atom. The van der Waals surface area contributed by atoms with Crippen LogP contribution in [0.5, 0.6) is 5.75 Å². The Bertz CT molecular complexity index is 908. The number of aryl methyl sites for hydroxylation is 1. The van der Waals surface area contributed by atoms with E-state index in [0.29, 0.717) is 22.6 Å². The first-order valence-electron chi connectivity index (χ1n) is 7.47. The van der Waals surface area contributed by atoms with E-state index in [9.17, 15) is 9.18 Å². The molecule has 25 heavy (non-hydrogen) atoms. The lowest BCUT2D eigenvalue weighted by Gasteiger charge is -2.08. The average Bonchev–Trinajstić information content (AvgIpc) is 3.06. The first-order chi connectivity index (χ1) is 12.1. The maximum Gasteiger partial charge on any atom is 0.339 e. The van der Waals surface area contributed by atoms with Crippen LogP contribution < -0.4 is 4.74 Å². The molecule has 0 N–H and O–H groups in total. The Balaban J connectivity index is 1.77. The third kappa shape index (κ3) is 3.65. The normalized spacial score (nSPS) is 10.5. The molecular weight excluding hydrogens is 327 g/mol. The molecule has 3 aromatic rings. The molecule has 0 fully saturated rings. The Kier molecular flexibility index (Phi) is 4.74. The largest absolute Gasteiger partial charge is 0.494 e. The van der Waals surface area contributed by atoms with Crippen molar-refractivity contribution < 1.29 is 23.1 Å². The van der Waals surface area contributed by atoms with Gasteiger partial charge < -0.3 is 13.9 Å². The van der Waals surface area contributed by atoms with Crippen LogP contribution in [0, 0.1) is 12.7 Å². The van der Waals surface area contributed by atoms with E-state index < -0.39 is 11.8 Å². The van der Waals surface area contributed by atoms with Gasteiger partial charge in [-0.1, -0.05) is 18.2 Å². The second-order valence-corrected chi connectivity index (χ2v) is 5.22. The fourth-order valence-corrected chi connectivity index (χ4v) is 2.28. The second kappa shape index (κ2) is 7.12. The van der Waals surface area contributed by atoms with Gasteiger partial charge in [-0.2, -0.15) is 0 Å². The highest BCUT2D eigenvalue weighted by Gasteiger charge is 2.18. The van der Waals surface area contributed by atoms with Gasteiger partial charge >= 0.3 is 5.97 Å². The molecule has 0 aliphatic carbocycles. The zero-order chi connectivity index (χ0) is 17.8. The summed E-state index contributed by atoms with van der Waals surface area (Å²) in [6.45, 7) is 1.59. The zero-order valence-electron chi connectivity index (χ0n) is 13.7. The van der Waals surface area contributed by atoms with Crippen LogP contribution in [0.15, 0.2) is 46.9 Å². The molecule has 7 heteroatoms. The van der Waals surface area contributed by atoms with E-state index in [-0.39, 0.29) is 18.2 Å². The van der Waals surface area contributed by atoms with E-state index in [0.717, 1.165) is 0 Å². The molecule has 0 bridgehead atoms. The van der Waals surface area contributed by atoms with Gasteiger partial charge in [-0.3, -0.25) is 0 Å². The monoisotopic (exact) mass is 342 g/mol. The van der Waals surface area contributed by atoms with E-state index in [4.69, 9.17) is 13.9 Å². The molecule has 128 valence electrons. The van der Waals surface area contributed by atoms with Gasteiger partial charge in [0.1, 0.15) is 6.61 Å². The maximum atomic E-state index is 13.7. The lowest BCUT2D eigenvalue weighted by atomic mass is 10.1. The van der Waals surface area contributed by atoms with Gasteiger partial charge in [0.15, 0.2) is 11.6 Å². The molecule has 0 amide bonds. The standard InChI is InChI=1S/C18H15FN2O4/c1-11-20-21-17(25-11)13-5-3-4-6-14(13)18(22)24-10-12-7-8-16(23-2)15(19)9-12/h3-9H,10H2,1-2H3. The van der Waals surface area contributed by atoms with Crippen LogP contribution in [0.4, 0.5) is 4.39 Å². The molecule has 0 saturated heterocycles. The summed E-state index contributed by atoms with van der Waals surface area (Å²) < 4.78 is 29.2. The number of rotatable bonds is 5. The molecule has 0 saturated carbocycles. The number of halogens is 1. The maximum absolute atomic E-state index is 13.7. The summed E-state index contributed by atoms with van der Waals surface area (Å²) in [6, 6.07) is 11.1. The van der Waals surface area contributed by atoms with Crippen molar-refractivity contribution in [2.75, 3.05) is 7.11 Å². The summed E-state index contributed by atoms with van der Waals surface area (Å²) >= 11 is 0. The van der Waals surface area contributed by atoms with Gasteiger partial charge in [0, 0.05) is 6.92 Å². The van der Waals surface area contributed by atoms with Gasteiger partial charge in [-0.05, 0) is 29.8 Å². The lowest BCUT2D eigenvalue weighted by Crippen LogP contribution is -2.07. The SMILES string of the molecule is COc1ccc(COC(=O)c2ccccc2-c2nnc(C)o2)cc1F. The molecular formula is C18H15FN2O4. The smallest absolute Gasteiger partial charge is 0.339 e. The molecule has 2 aromatic carbocycles. The Labute approximate surface area is 143 Å². The van der Waals surface area contributed by atoms with Crippen molar-refractivity contribution in [1.29, 1.82) is 0 Å². The number of hydrogen-bond donors (Lipinski definition) is 0. The van der Waals surface area contributed by atoms with Crippen LogP contribution in [0.2, 0.25) is 0 Å². The lowest BCUT2D eigenvalue weighted by molar-refractivity contribution is 0.0473. The summed E-state index contributed by atoms with van der Waals surface area (Å²) in [4.78, 5) is 12.4. The van der Waals surface area contributed by atoms with E-state index >= 15 is 0 Å². The molecule has 3 rings (SSSR count). The van der Waals surface area contributed by atoms with Crippen molar-refractivity contribution in [1.82, 2.24) is 10.2 Å². The highest BCUT2D eigenvalue weighted by molar-refractivity contribution is 5.96. The molecule has 0 aliphatic rings. The van der Waals surface area contributed by atoms with Crippen LogP contribution in [-0.2, 0) is 11.3 Å². The first kappa shape index (κ1) is 16.6. The van der Waals surface area contributed by atoms with Crippen molar-refractivity contribution in [3.63, 3.8) is 0 Å². The van der Waals surface area contributed by atoms with Crippen molar-refractivity contribution in [2.45, 2.75) is 13.5 Å². The fourth-order valence-electron chi connectivity index (χ4n) is 2.28. The molecule has 0 unspecified atom stereocenters. The number of carbonyl (C=O) groups excluding carboxylic acids is 1. The van der Waals surface area contributed by atoms with Crippen LogP contribution in [-0.4, -0.2) is 23.3 Å².